The van der Waals surface area contributed by atoms with E-state index in [0.29, 0.717) is 5.69 Å². The molecule has 0 N–H and O–H groups in total. The summed E-state index contributed by atoms with van der Waals surface area (Å²) in [6, 6.07) is 2.75. The summed E-state index contributed by atoms with van der Waals surface area (Å²) in [6.45, 7) is 10.2. The Labute approximate surface area is 126 Å². The van der Waals surface area contributed by atoms with Gasteiger partial charge < -0.3 is 9.80 Å². The number of carbonyl (C=O) groups is 1. The Morgan fingerprint density at radius 1 is 1.29 bits per heavy atom. The number of hydrogen-bond donors (Lipinski definition) is 0. The number of aromatic nitrogens is 1. The minimum absolute atomic E-state index is 0.00834. The van der Waals surface area contributed by atoms with Crippen LogP contribution >= 0.6 is 0 Å². The highest BCUT2D eigenvalue weighted by Gasteiger charge is 2.22. The van der Waals surface area contributed by atoms with Gasteiger partial charge in [0.1, 0.15) is 11.5 Å². The quantitative estimate of drug-likeness (QED) is 0.752. The predicted octanol–water partition coefficient (Wildman–Crippen LogP) is 2.07. The van der Waals surface area contributed by atoms with Gasteiger partial charge in [0, 0.05) is 38.6 Å². The Kier molecular flexibility index (Phi) is 5.82. The van der Waals surface area contributed by atoms with Gasteiger partial charge in [0.2, 0.25) is 0 Å². The highest BCUT2D eigenvalue weighted by Crippen LogP contribution is 2.11. The normalized spacial score (nSPS) is 18.6. The Morgan fingerprint density at radius 3 is 2.52 bits per heavy atom. The molecule has 0 bridgehead atoms. The van der Waals surface area contributed by atoms with Crippen molar-refractivity contribution >= 4 is 5.78 Å². The van der Waals surface area contributed by atoms with Crippen molar-refractivity contribution in [1.82, 2.24) is 14.8 Å². The maximum absolute atomic E-state index is 12.8. The molecule has 5 heteroatoms. The number of carbonyl (C=O) groups excluding carboxylic acids is 1. The van der Waals surface area contributed by atoms with E-state index >= 15 is 0 Å². The van der Waals surface area contributed by atoms with Crippen LogP contribution in [0.15, 0.2) is 18.3 Å². The van der Waals surface area contributed by atoms with E-state index in [0.717, 1.165) is 45.5 Å². The molecule has 1 atom stereocenters. The zero-order chi connectivity index (χ0) is 15.2. The van der Waals surface area contributed by atoms with Gasteiger partial charge >= 0.3 is 0 Å². The molecule has 1 saturated heterocycles. The van der Waals surface area contributed by atoms with Crippen molar-refractivity contribution < 1.29 is 9.18 Å². The van der Waals surface area contributed by atoms with Gasteiger partial charge in [-0.25, -0.2) is 4.39 Å². The molecule has 2 heterocycles. The van der Waals surface area contributed by atoms with E-state index in [4.69, 9.17) is 0 Å². The maximum Gasteiger partial charge on any atom is 0.185 e. The van der Waals surface area contributed by atoms with Gasteiger partial charge in [-0.15, -0.1) is 0 Å². The highest BCUT2D eigenvalue weighted by atomic mass is 19.1. The molecule has 0 aliphatic carbocycles. The van der Waals surface area contributed by atoms with Crippen molar-refractivity contribution in [2.24, 2.45) is 5.92 Å². The van der Waals surface area contributed by atoms with Crippen molar-refractivity contribution in [3.63, 3.8) is 0 Å². The van der Waals surface area contributed by atoms with E-state index in [1.165, 1.54) is 18.6 Å². The van der Waals surface area contributed by atoms with Crippen molar-refractivity contribution in [3.8, 4) is 0 Å². The number of piperazine rings is 1. The molecule has 0 spiro atoms. The molecule has 21 heavy (non-hydrogen) atoms. The Hall–Kier alpha value is -1.33. The van der Waals surface area contributed by atoms with Crippen molar-refractivity contribution in [2.45, 2.75) is 20.3 Å². The summed E-state index contributed by atoms with van der Waals surface area (Å²) < 4.78 is 12.8. The predicted molar refractivity (Wildman–Crippen MR) is 80.9 cm³/mol. The first-order valence-electron chi connectivity index (χ1n) is 7.70. The molecule has 116 valence electrons. The first-order chi connectivity index (χ1) is 10.1. The average Bonchev–Trinajstić information content (AvgIpc) is 2.49. The Balaban J connectivity index is 1.83. The lowest BCUT2D eigenvalue weighted by Crippen LogP contribution is -2.48. The summed E-state index contributed by atoms with van der Waals surface area (Å²) in [5.41, 5.74) is 0.355. The van der Waals surface area contributed by atoms with Gasteiger partial charge in [-0.05, 0) is 25.1 Å². The van der Waals surface area contributed by atoms with Crippen LogP contribution in [0.4, 0.5) is 4.39 Å². The van der Waals surface area contributed by atoms with Crippen LogP contribution in [-0.4, -0.2) is 59.8 Å². The molecule has 1 unspecified atom stereocenters. The minimum Gasteiger partial charge on any atom is -0.301 e. The smallest absolute Gasteiger partial charge is 0.185 e. The fourth-order valence-electron chi connectivity index (χ4n) is 2.76. The van der Waals surface area contributed by atoms with E-state index in [-0.39, 0.29) is 11.7 Å². The van der Waals surface area contributed by atoms with Crippen LogP contribution < -0.4 is 0 Å². The molecule has 0 radical (unpaired) electrons. The van der Waals surface area contributed by atoms with E-state index in [1.54, 1.807) is 0 Å². The van der Waals surface area contributed by atoms with Crippen molar-refractivity contribution in [1.29, 1.82) is 0 Å². The second kappa shape index (κ2) is 7.61. The summed E-state index contributed by atoms with van der Waals surface area (Å²) in [6.07, 6.45) is 2.29. The van der Waals surface area contributed by atoms with Gasteiger partial charge in [0.25, 0.3) is 0 Å². The summed E-state index contributed by atoms with van der Waals surface area (Å²) in [7, 11) is 0. The number of pyridine rings is 1. The maximum atomic E-state index is 12.8. The van der Waals surface area contributed by atoms with Gasteiger partial charge in [0.15, 0.2) is 5.78 Å². The average molecular weight is 293 g/mol. The number of nitrogens with zero attached hydrogens (tertiary/aromatic N) is 3. The van der Waals surface area contributed by atoms with Gasteiger partial charge in [0.05, 0.1) is 6.20 Å². The second-order valence-corrected chi connectivity index (χ2v) is 5.77. The number of rotatable bonds is 6. The lowest BCUT2D eigenvalue weighted by atomic mass is 10.0. The van der Waals surface area contributed by atoms with Crippen LogP contribution in [0.25, 0.3) is 0 Å². The van der Waals surface area contributed by atoms with E-state index in [2.05, 4.69) is 21.7 Å². The Morgan fingerprint density at radius 2 is 1.95 bits per heavy atom. The van der Waals surface area contributed by atoms with Crippen LogP contribution in [-0.2, 0) is 0 Å². The first kappa shape index (κ1) is 16.0. The molecule has 0 amide bonds. The van der Waals surface area contributed by atoms with E-state index < -0.39 is 5.82 Å². The number of ketones is 1. The molecule has 1 aromatic rings. The summed E-state index contributed by atoms with van der Waals surface area (Å²) >= 11 is 0. The lowest BCUT2D eigenvalue weighted by Gasteiger charge is -2.35. The minimum atomic E-state index is -0.411. The fraction of sp³-hybridized carbons (Fsp3) is 0.625. The number of Topliss-reactive ketones (excluding diaryl/α,β-unsaturated/α-hetero) is 1. The molecule has 4 nitrogen and oxygen atoms in total. The van der Waals surface area contributed by atoms with Crippen LogP contribution in [0.3, 0.4) is 0 Å². The van der Waals surface area contributed by atoms with E-state index in [9.17, 15) is 9.18 Å². The summed E-state index contributed by atoms with van der Waals surface area (Å²) in [5.74, 6) is -0.530. The number of halogens is 1. The monoisotopic (exact) mass is 293 g/mol. The van der Waals surface area contributed by atoms with Crippen LogP contribution in [0.5, 0.6) is 0 Å². The van der Waals surface area contributed by atoms with Crippen LogP contribution in [0, 0.1) is 11.7 Å². The molecule has 1 aromatic heterocycles. The van der Waals surface area contributed by atoms with Gasteiger partial charge in [-0.3, -0.25) is 9.78 Å². The third-order valence-corrected chi connectivity index (χ3v) is 3.96. The lowest BCUT2D eigenvalue weighted by molar-refractivity contribution is 0.0829. The highest BCUT2D eigenvalue weighted by molar-refractivity contribution is 5.95. The van der Waals surface area contributed by atoms with E-state index in [1.807, 2.05) is 6.92 Å². The standard InChI is InChI=1S/C16H24FN3O/c1-3-6-19-7-9-20(10-8-19)12-13(2)16(21)15-5-4-14(17)11-18-15/h4-5,11,13H,3,6-10,12H2,1-2H3. The van der Waals surface area contributed by atoms with Crippen molar-refractivity contribution in [3.05, 3.63) is 29.8 Å². The molecule has 1 fully saturated rings. The molecule has 0 aromatic carbocycles. The second-order valence-electron chi connectivity index (χ2n) is 5.77. The SMILES string of the molecule is CCCN1CCN(CC(C)C(=O)c2ccc(F)cn2)CC1. The molecular formula is C16H24FN3O. The fourth-order valence-corrected chi connectivity index (χ4v) is 2.76. The molecule has 1 aliphatic heterocycles. The Bertz CT molecular complexity index is 455. The van der Waals surface area contributed by atoms with Crippen LogP contribution in [0.1, 0.15) is 30.8 Å². The van der Waals surface area contributed by atoms with Crippen LogP contribution in [0.2, 0.25) is 0 Å². The molecule has 0 saturated carbocycles. The first-order valence-corrected chi connectivity index (χ1v) is 7.70. The zero-order valence-corrected chi connectivity index (χ0v) is 12.9. The summed E-state index contributed by atoms with van der Waals surface area (Å²) in [4.78, 5) is 20.9. The summed E-state index contributed by atoms with van der Waals surface area (Å²) in [5, 5.41) is 0. The number of hydrogen-bond acceptors (Lipinski definition) is 4. The third kappa shape index (κ3) is 4.58. The largest absolute Gasteiger partial charge is 0.301 e. The topological polar surface area (TPSA) is 36.4 Å². The van der Waals surface area contributed by atoms with Gasteiger partial charge in [-0.1, -0.05) is 13.8 Å². The van der Waals surface area contributed by atoms with Gasteiger partial charge in [-0.2, -0.15) is 0 Å². The third-order valence-electron chi connectivity index (χ3n) is 3.96. The van der Waals surface area contributed by atoms with Crippen molar-refractivity contribution in [2.75, 3.05) is 39.3 Å². The zero-order valence-electron chi connectivity index (χ0n) is 12.9. The molecular weight excluding hydrogens is 269 g/mol. The molecule has 1 aliphatic rings. The molecule has 2 rings (SSSR count).